The Morgan fingerprint density at radius 2 is 0.923 bits per heavy atom. The molecule has 0 radical (unpaired) electrons. The Bertz CT molecular complexity index is 582. The van der Waals surface area contributed by atoms with E-state index < -0.39 is 0 Å². The lowest BCUT2D eigenvalue weighted by molar-refractivity contribution is 0.584. The molecule has 4 fully saturated rings. The van der Waals surface area contributed by atoms with Gasteiger partial charge in [0.1, 0.15) is 0 Å². The summed E-state index contributed by atoms with van der Waals surface area (Å²) in [5.74, 6) is 3.60. The van der Waals surface area contributed by atoms with Crippen molar-refractivity contribution in [3.8, 4) is 0 Å². The molecule has 6 aliphatic carbocycles. The molecule has 4 bridgehead atoms. The third kappa shape index (κ3) is 3.41. The molecule has 6 rings (SSSR count). The van der Waals surface area contributed by atoms with Crippen molar-refractivity contribution in [3.63, 3.8) is 0 Å². The van der Waals surface area contributed by atoms with Crippen LogP contribution in [0.1, 0.15) is 89.9 Å². The van der Waals surface area contributed by atoms with E-state index in [0.717, 1.165) is 23.7 Å². The first-order valence-corrected chi connectivity index (χ1v) is 11.6. The molecule has 4 saturated carbocycles. The van der Waals surface area contributed by atoms with Crippen LogP contribution in [-0.2, 0) is 0 Å². The fraction of sp³-hybridized carbons (Fsp3) is 0.692. The van der Waals surface area contributed by atoms with Crippen molar-refractivity contribution in [1.82, 2.24) is 0 Å². The standard InChI is InChI=1S/2C13H18/c2*1-2-4-11(5-3-1)13-9-10-6-7-12(13)8-10/h2*6-7,10,12H,1-5,8-9H2. The van der Waals surface area contributed by atoms with Crippen LogP contribution in [0.4, 0.5) is 0 Å². The van der Waals surface area contributed by atoms with E-state index in [9.17, 15) is 0 Å². The maximum atomic E-state index is 2.46. The Hall–Kier alpha value is -1.04. The summed E-state index contributed by atoms with van der Waals surface area (Å²) in [6, 6.07) is 0. The summed E-state index contributed by atoms with van der Waals surface area (Å²) in [6.07, 6.45) is 30.0. The lowest BCUT2D eigenvalue weighted by atomic mass is 9.86. The van der Waals surface area contributed by atoms with Crippen LogP contribution >= 0.6 is 0 Å². The first kappa shape index (κ1) is 17.1. The largest absolute Gasteiger partial charge is 0.0845 e. The van der Waals surface area contributed by atoms with Crippen molar-refractivity contribution in [2.24, 2.45) is 23.7 Å². The number of hydrogen-bond donors (Lipinski definition) is 0. The van der Waals surface area contributed by atoms with Gasteiger partial charge in [-0.25, -0.2) is 0 Å². The van der Waals surface area contributed by atoms with Gasteiger partial charge in [0.25, 0.3) is 0 Å². The quantitative estimate of drug-likeness (QED) is 0.394. The molecule has 0 nitrogen and oxygen atoms in total. The summed E-state index contributed by atoms with van der Waals surface area (Å²) in [5, 5.41) is 0. The minimum Gasteiger partial charge on any atom is -0.0845 e. The topological polar surface area (TPSA) is 0 Å². The minimum atomic E-state index is 0.873. The van der Waals surface area contributed by atoms with Crippen LogP contribution in [0, 0.1) is 23.7 Å². The average molecular weight is 349 g/mol. The van der Waals surface area contributed by atoms with Crippen molar-refractivity contribution in [2.75, 3.05) is 0 Å². The second-order valence-corrected chi connectivity index (χ2v) is 9.76. The van der Waals surface area contributed by atoms with Crippen molar-refractivity contribution < 1.29 is 0 Å². The van der Waals surface area contributed by atoms with Crippen molar-refractivity contribution in [3.05, 3.63) is 46.6 Å². The van der Waals surface area contributed by atoms with E-state index in [0.29, 0.717) is 0 Å². The average Bonchev–Trinajstić information content (AvgIpc) is 3.51. The molecule has 6 aliphatic rings. The zero-order valence-corrected chi connectivity index (χ0v) is 16.5. The van der Waals surface area contributed by atoms with Gasteiger partial charge in [-0.1, -0.05) is 59.4 Å². The Morgan fingerprint density at radius 3 is 1.23 bits per heavy atom. The van der Waals surface area contributed by atoms with E-state index in [1.807, 2.05) is 22.3 Å². The van der Waals surface area contributed by atoms with Crippen LogP contribution in [0.25, 0.3) is 0 Å². The van der Waals surface area contributed by atoms with Crippen LogP contribution in [0.15, 0.2) is 46.6 Å². The fourth-order valence-electron chi connectivity index (χ4n) is 6.65. The molecule has 140 valence electrons. The highest BCUT2D eigenvalue weighted by atomic mass is 14.4. The van der Waals surface area contributed by atoms with Gasteiger partial charge >= 0.3 is 0 Å². The van der Waals surface area contributed by atoms with Gasteiger partial charge in [-0.05, 0) is 101 Å². The zero-order chi connectivity index (χ0) is 17.3. The Morgan fingerprint density at radius 1 is 0.500 bits per heavy atom. The van der Waals surface area contributed by atoms with E-state index in [4.69, 9.17) is 0 Å². The number of fused-ring (bicyclic) bond motifs is 4. The molecule has 0 heteroatoms. The SMILES string of the molecule is C1=CC2CC1CC2=C1CCCCC1.C1=CC2CC1CC2=C1CCCCC1. The van der Waals surface area contributed by atoms with Gasteiger partial charge in [0, 0.05) is 0 Å². The summed E-state index contributed by atoms with van der Waals surface area (Å²) in [5.41, 5.74) is 7.41. The van der Waals surface area contributed by atoms with Gasteiger partial charge in [-0.3, -0.25) is 0 Å². The second kappa shape index (κ2) is 7.53. The lowest BCUT2D eigenvalue weighted by Gasteiger charge is -2.20. The maximum Gasteiger partial charge on any atom is -0.00146 e. The van der Waals surface area contributed by atoms with Crippen LogP contribution in [-0.4, -0.2) is 0 Å². The summed E-state index contributed by atoms with van der Waals surface area (Å²) >= 11 is 0. The first-order valence-electron chi connectivity index (χ1n) is 11.6. The molecule has 0 N–H and O–H groups in total. The highest BCUT2D eigenvalue weighted by molar-refractivity contribution is 5.32. The maximum absolute atomic E-state index is 2.46. The number of rotatable bonds is 0. The first-order chi connectivity index (χ1) is 12.9. The summed E-state index contributed by atoms with van der Waals surface area (Å²) in [4.78, 5) is 0. The monoisotopic (exact) mass is 348 g/mol. The summed E-state index contributed by atoms with van der Waals surface area (Å²) in [6.45, 7) is 0. The highest BCUT2D eigenvalue weighted by Gasteiger charge is 2.33. The molecular formula is C26H36. The molecule has 0 amide bonds. The second-order valence-electron chi connectivity index (χ2n) is 9.76. The van der Waals surface area contributed by atoms with Gasteiger partial charge in [0.15, 0.2) is 0 Å². The molecule has 0 heterocycles. The van der Waals surface area contributed by atoms with Crippen LogP contribution in [0.5, 0.6) is 0 Å². The van der Waals surface area contributed by atoms with Crippen LogP contribution < -0.4 is 0 Å². The van der Waals surface area contributed by atoms with Crippen LogP contribution in [0.3, 0.4) is 0 Å². The molecule has 4 unspecified atom stereocenters. The van der Waals surface area contributed by atoms with Gasteiger partial charge < -0.3 is 0 Å². The molecule has 4 atom stereocenters. The fourth-order valence-corrected chi connectivity index (χ4v) is 6.65. The van der Waals surface area contributed by atoms with Gasteiger partial charge in [0.2, 0.25) is 0 Å². The Balaban J connectivity index is 0.000000115. The van der Waals surface area contributed by atoms with Gasteiger partial charge in [0.05, 0.1) is 0 Å². The van der Waals surface area contributed by atoms with E-state index >= 15 is 0 Å². The molecule has 0 aromatic heterocycles. The molecule has 0 spiro atoms. The number of allylic oxidation sites excluding steroid dienone is 8. The van der Waals surface area contributed by atoms with E-state index in [1.54, 1.807) is 0 Å². The molecule has 0 aliphatic heterocycles. The lowest BCUT2D eigenvalue weighted by Crippen LogP contribution is -2.02. The normalized spacial score (nSPS) is 37.5. The van der Waals surface area contributed by atoms with Crippen molar-refractivity contribution >= 4 is 0 Å². The molecule has 0 saturated heterocycles. The summed E-state index contributed by atoms with van der Waals surface area (Å²) < 4.78 is 0. The minimum absolute atomic E-state index is 0.873. The molecule has 0 aromatic carbocycles. The molecule has 26 heavy (non-hydrogen) atoms. The van der Waals surface area contributed by atoms with E-state index in [1.165, 1.54) is 89.9 Å². The van der Waals surface area contributed by atoms with E-state index in [2.05, 4.69) is 24.3 Å². The third-order valence-corrected chi connectivity index (χ3v) is 8.03. The van der Waals surface area contributed by atoms with Gasteiger partial charge in [-0.2, -0.15) is 0 Å². The highest BCUT2D eigenvalue weighted by Crippen LogP contribution is 2.47. The number of hydrogen-bond acceptors (Lipinski definition) is 0. The Kier molecular flexibility index (Phi) is 4.95. The van der Waals surface area contributed by atoms with Gasteiger partial charge in [-0.15, -0.1) is 0 Å². The molecule has 0 aromatic rings. The smallest absolute Gasteiger partial charge is 0.00146 e. The van der Waals surface area contributed by atoms with Crippen molar-refractivity contribution in [2.45, 2.75) is 89.9 Å². The van der Waals surface area contributed by atoms with Crippen molar-refractivity contribution in [1.29, 1.82) is 0 Å². The zero-order valence-electron chi connectivity index (χ0n) is 16.5. The predicted octanol–water partition coefficient (Wildman–Crippen LogP) is 7.69. The third-order valence-electron chi connectivity index (χ3n) is 8.03. The predicted molar refractivity (Wildman–Crippen MR) is 111 cm³/mol. The Labute approximate surface area is 160 Å². The van der Waals surface area contributed by atoms with Crippen LogP contribution in [0.2, 0.25) is 0 Å². The van der Waals surface area contributed by atoms with E-state index in [-0.39, 0.29) is 0 Å². The summed E-state index contributed by atoms with van der Waals surface area (Å²) in [7, 11) is 0. The molecular weight excluding hydrogens is 312 g/mol.